The van der Waals surface area contributed by atoms with Crippen molar-refractivity contribution in [1.29, 1.82) is 0 Å². The Morgan fingerprint density at radius 2 is 2.21 bits per heavy atom. The number of aromatic nitrogens is 3. The van der Waals surface area contributed by atoms with Crippen LogP contribution in [0.2, 0.25) is 0 Å². The van der Waals surface area contributed by atoms with E-state index in [1.54, 1.807) is 48.7 Å². The van der Waals surface area contributed by atoms with E-state index in [4.69, 9.17) is 9.26 Å². The van der Waals surface area contributed by atoms with Gasteiger partial charge in [0.05, 0.1) is 12.1 Å². The van der Waals surface area contributed by atoms with Gasteiger partial charge in [0.2, 0.25) is 3.79 Å². The molecule has 0 radical (unpaired) electrons. The van der Waals surface area contributed by atoms with Crippen molar-refractivity contribution in [3.05, 3.63) is 53.2 Å². The molecule has 0 fully saturated rings. The van der Waals surface area contributed by atoms with Crippen molar-refractivity contribution in [2.24, 2.45) is 0 Å². The normalized spacial score (nSPS) is 14.6. The highest BCUT2D eigenvalue weighted by molar-refractivity contribution is 14.1. The van der Waals surface area contributed by atoms with Crippen molar-refractivity contribution in [3.8, 4) is 29.0 Å². The van der Waals surface area contributed by atoms with Crippen LogP contribution in [0, 0.1) is 18.8 Å². The van der Waals surface area contributed by atoms with E-state index in [9.17, 15) is 9.90 Å². The van der Waals surface area contributed by atoms with Gasteiger partial charge in [-0.25, -0.2) is 4.98 Å². The Morgan fingerprint density at radius 3 is 2.93 bits per heavy atom. The SMILES string of the molecule is Cc1cc([C@](C)(O)C#Cc2ccc3c(c2)-c2nc(C(=O)I)cn2CCO3)no1. The third kappa shape index (κ3) is 3.55. The molecule has 8 heteroatoms. The topological polar surface area (TPSA) is 90.4 Å². The number of hydrogen-bond donors (Lipinski definition) is 1. The van der Waals surface area contributed by atoms with Crippen molar-refractivity contribution < 1.29 is 19.2 Å². The van der Waals surface area contributed by atoms with Gasteiger partial charge in [-0.2, -0.15) is 0 Å². The van der Waals surface area contributed by atoms with E-state index in [1.807, 2.05) is 22.8 Å². The average molecular weight is 489 g/mol. The van der Waals surface area contributed by atoms with Gasteiger partial charge in [0.25, 0.3) is 0 Å². The Bertz CT molecular complexity index is 1130. The van der Waals surface area contributed by atoms with E-state index in [0.717, 1.165) is 5.56 Å². The van der Waals surface area contributed by atoms with Crippen LogP contribution in [0.15, 0.2) is 35.0 Å². The molecule has 1 aromatic carbocycles. The van der Waals surface area contributed by atoms with E-state index in [1.165, 1.54) is 0 Å². The first kappa shape index (κ1) is 18.7. The summed E-state index contributed by atoms with van der Waals surface area (Å²) in [5.41, 5.74) is 0.757. The number of aliphatic hydroxyl groups is 1. The maximum absolute atomic E-state index is 11.7. The highest BCUT2D eigenvalue weighted by Gasteiger charge is 2.25. The summed E-state index contributed by atoms with van der Waals surface area (Å²) in [4.78, 5) is 16.2. The number of carbonyl (C=O) groups is 1. The van der Waals surface area contributed by atoms with Crippen molar-refractivity contribution in [2.45, 2.75) is 26.0 Å². The quantitative estimate of drug-likeness (QED) is 0.338. The molecule has 1 N–H and O–H groups in total. The van der Waals surface area contributed by atoms with Crippen LogP contribution in [0.5, 0.6) is 5.75 Å². The summed E-state index contributed by atoms with van der Waals surface area (Å²) in [6, 6.07) is 7.14. The second-order valence-corrected chi connectivity index (χ2v) is 7.60. The molecule has 0 saturated heterocycles. The Labute approximate surface area is 174 Å². The van der Waals surface area contributed by atoms with Crippen LogP contribution >= 0.6 is 22.6 Å². The zero-order valence-electron chi connectivity index (χ0n) is 15.2. The molecule has 3 aromatic rings. The predicted octanol–water partition coefficient (Wildman–Crippen LogP) is 3.07. The largest absolute Gasteiger partial charge is 0.491 e. The van der Waals surface area contributed by atoms with Crippen molar-refractivity contribution in [3.63, 3.8) is 0 Å². The highest BCUT2D eigenvalue weighted by Crippen LogP contribution is 2.33. The van der Waals surface area contributed by atoms with E-state index in [0.29, 0.717) is 47.4 Å². The van der Waals surface area contributed by atoms with Gasteiger partial charge in [-0.05, 0) is 32.0 Å². The molecule has 4 rings (SSSR count). The number of fused-ring (bicyclic) bond motifs is 3. The standard InChI is InChI=1S/C20H16IN3O4/c1-12-9-17(23-28-12)20(2,26)6-5-13-3-4-16-14(10-13)19-22-15(18(21)25)11-24(19)7-8-27-16/h3-4,9-11,26H,7-8H2,1-2H3/t20-/m1/s1. The van der Waals surface area contributed by atoms with Gasteiger partial charge < -0.3 is 18.9 Å². The monoisotopic (exact) mass is 489 g/mol. The molecule has 2 aromatic heterocycles. The molecule has 0 spiro atoms. The number of benzene rings is 1. The lowest BCUT2D eigenvalue weighted by Crippen LogP contribution is -2.18. The maximum atomic E-state index is 11.7. The highest BCUT2D eigenvalue weighted by atomic mass is 127. The van der Waals surface area contributed by atoms with Crippen LogP contribution in [0.3, 0.4) is 0 Å². The molecule has 142 valence electrons. The van der Waals surface area contributed by atoms with Crippen LogP contribution < -0.4 is 4.74 Å². The Balaban J connectivity index is 1.73. The molecule has 0 aliphatic carbocycles. The first-order valence-corrected chi connectivity index (χ1v) is 9.65. The summed E-state index contributed by atoms with van der Waals surface area (Å²) >= 11 is 1.73. The van der Waals surface area contributed by atoms with Gasteiger partial charge in [-0.1, -0.05) is 17.0 Å². The molecule has 0 amide bonds. The fraction of sp³-hybridized carbons (Fsp3) is 0.250. The first-order valence-electron chi connectivity index (χ1n) is 8.57. The van der Waals surface area contributed by atoms with Crippen molar-refractivity contribution >= 4 is 26.4 Å². The number of aryl methyl sites for hydroxylation is 1. The third-order valence-electron chi connectivity index (χ3n) is 4.37. The third-order valence-corrected chi connectivity index (χ3v) is 4.92. The summed E-state index contributed by atoms with van der Waals surface area (Å²) in [7, 11) is 0. The van der Waals surface area contributed by atoms with Gasteiger partial charge in [-0.15, -0.1) is 0 Å². The molecule has 1 aliphatic rings. The fourth-order valence-electron chi connectivity index (χ4n) is 2.91. The van der Waals surface area contributed by atoms with Crippen molar-refractivity contribution in [2.75, 3.05) is 6.61 Å². The average Bonchev–Trinajstić information content (AvgIpc) is 3.24. The molecule has 7 nitrogen and oxygen atoms in total. The number of carbonyl (C=O) groups excluding carboxylic acids is 1. The second-order valence-electron chi connectivity index (χ2n) is 6.62. The minimum Gasteiger partial charge on any atom is -0.491 e. The fourth-order valence-corrected chi connectivity index (χ4v) is 3.17. The van der Waals surface area contributed by atoms with E-state index in [-0.39, 0.29) is 3.79 Å². The lowest BCUT2D eigenvalue weighted by molar-refractivity contribution is 0.110. The summed E-state index contributed by atoms with van der Waals surface area (Å²) < 4.78 is 12.6. The summed E-state index contributed by atoms with van der Waals surface area (Å²) in [6.45, 7) is 4.40. The second kappa shape index (κ2) is 7.07. The number of hydrogen-bond acceptors (Lipinski definition) is 6. The molecule has 0 bridgehead atoms. The number of rotatable bonds is 2. The summed E-state index contributed by atoms with van der Waals surface area (Å²) in [6.07, 6.45) is 1.73. The van der Waals surface area contributed by atoms with Gasteiger partial charge >= 0.3 is 0 Å². The molecule has 0 saturated carbocycles. The van der Waals surface area contributed by atoms with Crippen LogP contribution in [-0.2, 0) is 12.1 Å². The van der Waals surface area contributed by atoms with Crippen molar-refractivity contribution in [1.82, 2.24) is 14.7 Å². The van der Waals surface area contributed by atoms with Gasteiger partial charge in [-0.3, -0.25) is 4.79 Å². The molecule has 0 unspecified atom stereocenters. The lowest BCUT2D eigenvalue weighted by atomic mass is 10.0. The van der Waals surface area contributed by atoms with Crippen LogP contribution in [0.1, 0.15) is 34.4 Å². The molecular formula is C20H16IN3O4. The Morgan fingerprint density at radius 1 is 1.39 bits per heavy atom. The molecule has 1 atom stereocenters. The van der Waals surface area contributed by atoms with Gasteiger partial charge in [0, 0.05) is 40.4 Å². The van der Waals surface area contributed by atoms with E-state index >= 15 is 0 Å². The molecule has 1 aliphatic heterocycles. The summed E-state index contributed by atoms with van der Waals surface area (Å²) in [5.74, 6) is 7.76. The number of ether oxygens (including phenoxy) is 1. The number of nitrogens with zero attached hydrogens (tertiary/aromatic N) is 3. The first-order chi connectivity index (χ1) is 13.3. The minimum atomic E-state index is -1.44. The minimum absolute atomic E-state index is 0.115. The molecule has 28 heavy (non-hydrogen) atoms. The summed E-state index contributed by atoms with van der Waals surface area (Å²) in [5, 5.41) is 14.4. The molecular weight excluding hydrogens is 473 g/mol. The smallest absolute Gasteiger partial charge is 0.242 e. The lowest BCUT2D eigenvalue weighted by Gasteiger charge is -2.11. The number of imidazole rings is 1. The predicted molar refractivity (Wildman–Crippen MR) is 109 cm³/mol. The maximum Gasteiger partial charge on any atom is 0.242 e. The zero-order valence-corrected chi connectivity index (χ0v) is 17.4. The molecule has 3 heterocycles. The van der Waals surface area contributed by atoms with Gasteiger partial charge in [0.15, 0.2) is 5.60 Å². The number of halogens is 1. The van der Waals surface area contributed by atoms with Crippen LogP contribution in [-0.4, -0.2) is 30.2 Å². The van der Waals surface area contributed by atoms with E-state index in [2.05, 4.69) is 22.0 Å². The van der Waals surface area contributed by atoms with Gasteiger partial charge in [0.1, 0.15) is 35.3 Å². The zero-order chi connectivity index (χ0) is 19.9. The van der Waals surface area contributed by atoms with E-state index < -0.39 is 5.60 Å². The Hall–Kier alpha value is -2.64. The van der Waals surface area contributed by atoms with Crippen LogP contribution in [0.4, 0.5) is 0 Å². The van der Waals surface area contributed by atoms with Crippen LogP contribution in [0.25, 0.3) is 11.4 Å². The Kier molecular flexibility index (Phi) is 4.72.